The normalized spacial score (nSPS) is 11.5. The second-order valence-corrected chi connectivity index (χ2v) is 9.49. The lowest BCUT2D eigenvalue weighted by Crippen LogP contribution is -2.25. The molecule has 0 saturated carbocycles. The summed E-state index contributed by atoms with van der Waals surface area (Å²) in [6, 6.07) is 0. The summed E-state index contributed by atoms with van der Waals surface area (Å²) in [6.45, 7) is 5.92. The van der Waals surface area contributed by atoms with Crippen LogP contribution in [0.1, 0.15) is 142 Å². The molecule has 4 heteroatoms. The number of unbranched alkanes of at least 4 members (excludes halogenated alkanes) is 13. The first-order valence-corrected chi connectivity index (χ1v) is 14.5. The van der Waals surface area contributed by atoms with E-state index >= 15 is 0 Å². The highest BCUT2D eigenvalue weighted by Crippen LogP contribution is 2.09. The van der Waals surface area contributed by atoms with Gasteiger partial charge in [0.05, 0.1) is 0 Å². The van der Waals surface area contributed by atoms with Crippen LogP contribution in [-0.2, 0) is 9.59 Å². The molecular weight excluding hydrogens is 420 g/mol. The van der Waals surface area contributed by atoms with Gasteiger partial charge in [0.15, 0.2) is 0 Å². The Bertz CT molecular complexity index is 468. The Balaban J connectivity index is 3.32. The molecule has 0 aliphatic rings. The predicted molar refractivity (Wildman–Crippen MR) is 148 cm³/mol. The molecule has 0 bridgehead atoms. The second-order valence-electron chi connectivity index (χ2n) is 9.49. The van der Waals surface area contributed by atoms with E-state index in [4.69, 9.17) is 0 Å². The van der Waals surface area contributed by atoms with Gasteiger partial charge in [-0.25, -0.2) is 0 Å². The van der Waals surface area contributed by atoms with Gasteiger partial charge in [0, 0.05) is 25.9 Å². The van der Waals surface area contributed by atoms with Crippen molar-refractivity contribution in [2.75, 3.05) is 13.1 Å². The van der Waals surface area contributed by atoms with Gasteiger partial charge in [-0.3, -0.25) is 9.59 Å². The average Bonchev–Trinajstić information content (AvgIpc) is 2.83. The summed E-state index contributed by atoms with van der Waals surface area (Å²) in [5.74, 6) is 0.258. The molecule has 0 fully saturated rings. The number of allylic oxidation sites excluding steroid dienone is 4. The van der Waals surface area contributed by atoms with Crippen molar-refractivity contribution in [3.05, 3.63) is 24.3 Å². The van der Waals surface area contributed by atoms with Gasteiger partial charge in [0.25, 0.3) is 0 Å². The molecule has 0 saturated heterocycles. The van der Waals surface area contributed by atoms with Crippen LogP contribution >= 0.6 is 0 Å². The molecule has 0 aliphatic heterocycles. The Morgan fingerprint density at radius 3 is 1.21 bits per heavy atom. The molecule has 0 unspecified atom stereocenters. The Labute approximate surface area is 211 Å². The third-order valence-electron chi connectivity index (χ3n) is 6.10. The Kier molecular flexibility index (Phi) is 26.4. The maximum atomic E-state index is 11.9. The van der Waals surface area contributed by atoms with E-state index < -0.39 is 0 Å². The highest BCUT2D eigenvalue weighted by Gasteiger charge is 2.04. The molecule has 4 nitrogen and oxygen atoms in total. The van der Waals surface area contributed by atoms with Gasteiger partial charge in [0.1, 0.15) is 0 Å². The fraction of sp³-hybridized carbons (Fsp3) is 0.800. The van der Waals surface area contributed by atoms with Crippen LogP contribution in [0.3, 0.4) is 0 Å². The first-order valence-electron chi connectivity index (χ1n) is 14.5. The van der Waals surface area contributed by atoms with E-state index in [2.05, 4.69) is 48.8 Å². The SMILES string of the molecule is CC/C=C/CCCCCCCCNC(=O)CCCCC(=O)NCCCCCCCC/C=C/CC. The Hall–Kier alpha value is -1.58. The molecule has 0 heterocycles. The summed E-state index contributed by atoms with van der Waals surface area (Å²) in [4.78, 5) is 23.8. The van der Waals surface area contributed by atoms with Crippen molar-refractivity contribution in [3.8, 4) is 0 Å². The van der Waals surface area contributed by atoms with Gasteiger partial charge in [-0.15, -0.1) is 0 Å². The summed E-state index contributed by atoms with van der Waals surface area (Å²) in [6.07, 6.45) is 31.3. The van der Waals surface area contributed by atoms with Crippen LogP contribution < -0.4 is 10.6 Å². The van der Waals surface area contributed by atoms with Gasteiger partial charge in [-0.05, 0) is 64.2 Å². The lowest BCUT2D eigenvalue weighted by atomic mass is 10.1. The summed E-state index contributed by atoms with van der Waals surface area (Å²) in [7, 11) is 0. The van der Waals surface area contributed by atoms with Gasteiger partial charge in [-0.2, -0.15) is 0 Å². The van der Waals surface area contributed by atoms with Crippen molar-refractivity contribution in [1.82, 2.24) is 10.6 Å². The number of hydrogen-bond acceptors (Lipinski definition) is 2. The largest absolute Gasteiger partial charge is 0.356 e. The van der Waals surface area contributed by atoms with Crippen molar-refractivity contribution in [1.29, 1.82) is 0 Å². The van der Waals surface area contributed by atoms with Crippen LogP contribution in [0.5, 0.6) is 0 Å². The van der Waals surface area contributed by atoms with Gasteiger partial charge < -0.3 is 10.6 Å². The fourth-order valence-corrected chi connectivity index (χ4v) is 3.96. The number of carbonyl (C=O) groups is 2. The standard InChI is InChI=1S/C30H56N2O2/c1-3-5-7-9-11-13-15-17-19-23-27-31-29(33)25-21-22-26-30(34)32-28-24-20-18-16-14-12-10-8-6-4-2/h5-8H,3-4,9-28H2,1-2H3,(H,31,33)(H,32,34)/b7-5+,8-6+. The van der Waals surface area contributed by atoms with E-state index in [1.165, 1.54) is 77.0 Å². The molecule has 0 rings (SSSR count). The lowest BCUT2D eigenvalue weighted by molar-refractivity contribution is -0.123. The Morgan fingerprint density at radius 2 is 0.824 bits per heavy atom. The molecule has 0 aromatic heterocycles. The zero-order valence-electron chi connectivity index (χ0n) is 22.7. The minimum atomic E-state index is 0.129. The number of nitrogens with one attached hydrogen (secondary N) is 2. The molecule has 0 spiro atoms. The lowest BCUT2D eigenvalue weighted by Gasteiger charge is -2.07. The van der Waals surface area contributed by atoms with Crippen molar-refractivity contribution < 1.29 is 9.59 Å². The topological polar surface area (TPSA) is 58.2 Å². The summed E-state index contributed by atoms with van der Waals surface area (Å²) < 4.78 is 0. The molecular formula is C30H56N2O2. The zero-order valence-corrected chi connectivity index (χ0v) is 22.7. The van der Waals surface area contributed by atoms with E-state index in [0.29, 0.717) is 12.8 Å². The molecule has 0 aromatic rings. The monoisotopic (exact) mass is 476 g/mol. The number of amides is 2. The summed E-state index contributed by atoms with van der Waals surface area (Å²) in [5.41, 5.74) is 0. The van der Waals surface area contributed by atoms with Gasteiger partial charge in [-0.1, -0.05) is 89.5 Å². The predicted octanol–water partition coefficient (Wildman–Crippen LogP) is 8.17. The minimum absolute atomic E-state index is 0.129. The number of hydrogen-bond donors (Lipinski definition) is 2. The summed E-state index contributed by atoms with van der Waals surface area (Å²) >= 11 is 0. The summed E-state index contributed by atoms with van der Waals surface area (Å²) in [5, 5.41) is 6.04. The Morgan fingerprint density at radius 1 is 0.471 bits per heavy atom. The molecule has 34 heavy (non-hydrogen) atoms. The smallest absolute Gasteiger partial charge is 0.219 e. The second kappa shape index (κ2) is 27.7. The molecule has 0 aromatic carbocycles. The van der Waals surface area contributed by atoms with E-state index in [9.17, 15) is 9.59 Å². The van der Waals surface area contributed by atoms with Crippen LogP contribution in [0.25, 0.3) is 0 Å². The molecule has 0 aliphatic carbocycles. The highest BCUT2D eigenvalue weighted by molar-refractivity contribution is 5.77. The van der Waals surface area contributed by atoms with E-state index in [1.807, 2.05) is 0 Å². The average molecular weight is 477 g/mol. The van der Waals surface area contributed by atoms with E-state index in [-0.39, 0.29) is 11.8 Å². The zero-order chi connectivity index (χ0) is 25.0. The quantitative estimate of drug-likeness (QED) is 0.103. The molecule has 0 radical (unpaired) electrons. The highest BCUT2D eigenvalue weighted by atomic mass is 16.2. The molecule has 2 N–H and O–H groups in total. The van der Waals surface area contributed by atoms with Crippen LogP contribution in [0.15, 0.2) is 24.3 Å². The van der Waals surface area contributed by atoms with Crippen molar-refractivity contribution >= 4 is 11.8 Å². The van der Waals surface area contributed by atoms with Crippen molar-refractivity contribution in [2.24, 2.45) is 0 Å². The van der Waals surface area contributed by atoms with Crippen molar-refractivity contribution in [3.63, 3.8) is 0 Å². The first-order chi connectivity index (χ1) is 16.7. The van der Waals surface area contributed by atoms with Crippen molar-refractivity contribution in [2.45, 2.75) is 142 Å². The third kappa shape index (κ3) is 26.7. The molecule has 0 atom stereocenters. The maximum absolute atomic E-state index is 11.9. The molecule has 198 valence electrons. The van der Waals surface area contributed by atoms with E-state index in [0.717, 1.165) is 51.6 Å². The van der Waals surface area contributed by atoms with Crippen LogP contribution in [0.4, 0.5) is 0 Å². The van der Waals surface area contributed by atoms with Gasteiger partial charge >= 0.3 is 0 Å². The third-order valence-corrected chi connectivity index (χ3v) is 6.10. The van der Waals surface area contributed by atoms with Crippen LogP contribution in [-0.4, -0.2) is 24.9 Å². The number of carbonyl (C=O) groups excluding carboxylic acids is 2. The number of rotatable bonds is 25. The molecule has 2 amide bonds. The van der Waals surface area contributed by atoms with Gasteiger partial charge in [0.2, 0.25) is 11.8 Å². The van der Waals surface area contributed by atoms with Crippen LogP contribution in [0, 0.1) is 0 Å². The first kappa shape index (κ1) is 32.4. The maximum Gasteiger partial charge on any atom is 0.219 e. The fourth-order valence-electron chi connectivity index (χ4n) is 3.96. The minimum Gasteiger partial charge on any atom is -0.356 e. The van der Waals surface area contributed by atoms with Crippen LogP contribution in [0.2, 0.25) is 0 Å². The van der Waals surface area contributed by atoms with E-state index in [1.54, 1.807) is 0 Å².